The molecule has 14 heteroatoms. The molecule has 0 aliphatic heterocycles. The Balaban J connectivity index is 0.000000260. The van der Waals surface area contributed by atoms with Crippen LogP contribution in [0.15, 0.2) is 48.5 Å². The van der Waals surface area contributed by atoms with Gasteiger partial charge in [-0.05, 0) is 24.3 Å². The summed E-state index contributed by atoms with van der Waals surface area (Å²) in [5.74, 6) is 0. The van der Waals surface area contributed by atoms with Crippen molar-refractivity contribution in [2.24, 2.45) is 0 Å². The van der Waals surface area contributed by atoms with Gasteiger partial charge in [0.25, 0.3) is 11.4 Å². The lowest BCUT2D eigenvalue weighted by atomic mass is 10.3. The Labute approximate surface area is 143 Å². The van der Waals surface area contributed by atoms with Crippen molar-refractivity contribution < 1.29 is 19.9 Å². The number of non-ortho nitro benzene ring substituents is 2. The average Bonchev–Trinajstić information content (AvgIpc) is 2.55. The highest BCUT2D eigenvalue weighted by atomic mass is 16.7. The van der Waals surface area contributed by atoms with E-state index in [0.717, 1.165) is 0 Å². The molecule has 2 aromatic carbocycles. The van der Waals surface area contributed by atoms with E-state index in [0.29, 0.717) is 0 Å². The molecule has 0 heterocycles. The van der Waals surface area contributed by atoms with Gasteiger partial charge in [-0.1, -0.05) is 0 Å². The van der Waals surface area contributed by atoms with Crippen LogP contribution in [-0.4, -0.2) is 19.9 Å². The van der Waals surface area contributed by atoms with Gasteiger partial charge in [0.15, 0.2) is 10.1 Å². The van der Waals surface area contributed by atoms with E-state index in [2.05, 4.69) is 0 Å². The highest BCUT2D eigenvalue weighted by Gasteiger charge is 2.06. The first-order chi connectivity index (χ1) is 12.2. The molecule has 26 heavy (non-hydrogen) atoms. The zero-order chi connectivity index (χ0) is 19.7. The Morgan fingerprint density at radius 3 is 1.00 bits per heavy atom. The summed E-state index contributed by atoms with van der Waals surface area (Å²) in [6, 6.07) is 9.80. The van der Waals surface area contributed by atoms with Crippen LogP contribution in [0.5, 0.6) is 0 Å². The second kappa shape index (κ2) is 9.06. The maximum absolute atomic E-state index is 10.2. The quantitative estimate of drug-likeness (QED) is 0.565. The summed E-state index contributed by atoms with van der Waals surface area (Å²) in [4.78, 5) is 39.1. The molecule has 2 rings (SSSR count). The average molecular weight is 366 g/mol. The Bertz CT molecular complexity index is 738. The molecule has 0 spiro atoms. The number of hydrogen-bond donors (Lipinski definition) is 2. The summed E-state index contributed by atoms with van der Waals surface area (Å²) < 4.78 is 0. The summed E-state index contributed by atoms with van der Waals surface area (Å²) >= 11 is 0. The molecule has 0 saturated heterocycles. The first kappa shape index (κ1) is 19.7. The van der Waals surface area contributed by atoms with E-state index in [4.69, 9.17) is 0 Å². The monoisotopic (exact) mass is 366 g/mol. The SMILES string of the molecule is O=[N+]([O-])Nc1ccc([N+](=O)[O-])cc1.O=[N+]([O-])Nc1ccc([N+](=O)[O-])cc1. The number of anilines is 2. The number of nitro groups is 4. The molecule has 0 unspecified atom stereocenters. The largest absolute Gasteiger partial charge is 0.269 e. The molecule has 136 valence electrons. The fraction of sp³-hybridized carbons (Fsp3) is 0. The summed E-state index contributed by atoms with van der Waals surface area (Å²) in [5, 5.41) is 38.8. The molecular formula is C12H10N6O8. The molecule has 0 aromatic heterocycles. The standard InChI is InChI=1S/2C6H5N3O4/c2*10-8(11)6-3-1-5(2-4-6)7-9(12)13/h2*1-4,7H. The fourth-order valence-corrected chi connectivity index (χ4v) is 1.53. The summed E-state index contributed by atoms with van der Waals surface area (Å²) in [5.41, 5.74) is 3.94. The Morgan fingerprint density at radius 2 is 0.808 bits per heavy atom. The van der Waals surface area contributed by atoms with Gasteiger partial charge in [0.1, 0.15) is 11.4 Å². The minimum Gasteiger partial charge on any atom is -0.258 e. The smallest absolute Gasteiger partial charge is 0.258 e. The van der Waals surface area contributed by atoms with Gasteiger partial charge in [0.2, 0.25) is 0 Å². The topological polar surface area (TPSA) is 197 Å². The van der Waals surface area contributed by atoms with Crippen LogP contribution in [-0.2, 0) is 0 Å². The van der Waals surface area contributed by atoms with E-state index in [1.54, 1.807) is 0 Å². The van der Waals surface area contributed by atoms with Crippen molar-refractivity contribution in [1.29, 1.82) is 0 Å². The molecule has 0 fully saturated rings. The van der Waals surface area contributed by atoms with Crippen LogP contribution in [0.1, 0.15) is 0 Å². The van der Waals surface area contributed by atoms with Crippen LogP contribution in [0.3, 0.4) is 0 Å². The van der Waals surface area contributed by atoms with Crippen molar-refractivity contribution in [3.63, 3.8) is 0 Å². The minimum absolute atomic E-state index is 0.103. The van der Waals surface area contributed by atoms with Gasteiger partial charge in [0, 0.05) is 24.3 Å². The number of benzene rings is 2. The number of nitro benzene ring substituents is 2. The van der Waals surface area contributed by atoms with Crippen molar-refractivity contribution in [2.75, 3.05) is 10.9 Å². The van der Waals surface area contributed by atoms with E-state index in [-0.39, 0.29) is 22.7 Å². The third-order valence-corrected chi connectivity index (χ3v) is 2.60. The molecular weight excluding hydrogens is 356 g/mol. The van der Waals surface area contributed by atoms with E-state index < -0.39 is 19.9 Å². The van der Waals surface area contributed by atoms with Gasteiger partial charge in [-0.2, -0.15) is 0 Å². The first-order valence-electron chi connectivity index (χ1n) is 6.50. The second-order valence-corrected chi connectivity index (χ2v) is 4.35. The number of nitrogens with zero attached hydrogens (tertiary/aromatic N) is 4. The Morgan fingerprint density at radius 1 is 0.538 bits per heavy atom. The molecule has 0 saturated carbocycles. The van der Waals surface area contributed by atoms with Crippen molar-refractivity contribution in [2.45, 2.75) is 0 Å². The lowest BCUT2D eigenvalue weighted by Gasteiger charge is -1.95. The van der Waals surface area contributed by atoms with Crippen LogP contribution in [0, 0.1) is 40.5 Å². The van der Waals surface area contributed by atoms with Crippen molar-refractivity contribution in [3.05, 3.63) is 89.0 Å². The maximum atomic E-state index is 10.2. The van der Waals surface area contributed by atoms with Gasteiger partial charge in [-0.25, -0.2) is 20.2 Å². The van der Waals surface area contributed by atoms with Crippen molar-refractivity contribution >= 4 is 22.7 Å². The van der Waals surface area contributed by atoms with Crippen LogP contribution >= 0.6 is 0 Å². The molecule has 0 amide bonds. The third-order valence-electron chi connectivity index (χ3n) is 2.60. The Kier molecular flexibility index (Phi) is 6.86. The molecule has 0 radical (unpaired) electrons. The molecule has 14 nitrogen and oxygen atoms in total. The maximum Gasteiger partial charge on any atom is 0.269 e. The molecule has 2 aromatic rings. The lowest BCUT2D eigenvalue weighted by molar-refractivity contribution is -0.445. The predicted octanol–water partition coefficient (Wildman–Crippen LogP) is 2.40. The Hall–Kier alpha value is -4.36. The summed E-state index contributed by atoms with van der Waals surface area (Å²) in [6.07, 6.45) is 0. The molecule has 0 bridgehead atoms. The highest BCUT2D eigenvalue weighted by molar-refractivity contribution is 5.47. The zero-order valence-corrected chi connectivity index (χ0v) is 12.7. The number of rotatable bonds is 6. The minimum atomic E-state index is -0.735. The first-order valence-corrected chi connectivity index (χ1v) is 6.50. The normalized spacial score (nSPS) is 9.23. The van der Waals surface area contributed by atoms with Crippen LogP contribution in [0.25, 0.3) is 0 Å². The second-order valence-electron chi connectivity index (χ2n) is 4.35. The summed E-state index contributed by atoms with van der Waals surface area (Å²) in [7, 11) is 0. The number of nitrogens with one attached hydrogen (secondary N) is 2. The molecule has 0 atom stereocenters. The fourth-order valence-electron chi connectivity index (χ4n) is 1.53. The van der Waals surface area contributed by atoms with Gasteiger partial charge >= 0.3 is 0 Å². The van der Waals surface area contributed by atoms with Crippen molar-refractivity contribution in [1.82, 2.24) is 0 Å². The van der Waals surface area contributed by atoms with Crippen LogP contribution in [0.4, 0.5) is 22.7 Å². The van der Waals surface area contributed by atoms with Gasteiger partial charge in [-0.15, -0.1) is 10.9 Å². The third kappa shape index (κ3) is 6.82. The molecule has 2 N–H and O–H groups in total. The number of hydrogen-bond acceptors (Lipinski definition) is 8. The van der Waals surface area contributed by atoms with E-state index >= 15 is 0 Å². The molecule has 0 aliphatic carbocycles. The predicted molar refractivity (Wildman–Crippen MR) is 87.4 cm³/mol. The highest BCUT2D eigenvalue weighted by Crippen LogP contribution is 2.15. The van der Waals surface area contributed by atoms with Gasteiger partial charge in [-0.3, -0.25) is 20.2 Å². The van der Waals surface area contributed by atoms with Gasteiger partial charge < -0.3 is 0 Å². The van der Waals surface area contributed by atoms with E-state index in [9.17, 15) is 40.5 Å². The zero-order valence-electron chi connectivity index (χ0n) is 12.7. The van der Waals surface area contributed by atoms with E-state index in [1.165, 1.54) is 48.5 Å². The molecule has 0 aliphatic rings. The van der Waals surface area contributed by atoms with Crippen LogP contribution in [0.2, 0.25) is 0 Å². The lowest BCUT2D eigenvalue weighted by Crippen LogP contribution is -2.07. The van der Waals surface area contributed by atoms with Crippen molar-refractivity contribution in [3.8, 4) is 0 Å². The van der Waals surface area contributed by atoms with Gasteiger partial charge in [0.05, 0.1) is 9.85 Å². The number of hydrazine groups is 2. The van der Waals surface area contributed by atoms with E-state index in [1.807, 2.05) is 10.9 Å². The van der Waals surface area contributed by atoms with Crippen LogP contribution < -0.4 is 10.9 Å². The summed E-state index contributed by atoms with van der Waals surface area (Å²) in [6.45, 7) is 0.